The van der Waals surface area contributed by atoms with Crippen LogP contribution in [0.3, 0.4) is 0 Å². The fourth-order valence-corrected chi connectivity index (χ4v) is 6.18. The first-order valence-electron chi connectivity index (χ1n) is 19.4. The molecule has 1 aromatic heterocycles. The minimum Gasteiger partial charge on any atom is -0.457 e. The SMILES string of the molecule is CN(C/C=C/C(=O)OC(C)(C)C)CCOCCOCCOCCOCCOCCOCCNS(=O)(=O)c1ccc(Nc2ncc(Br)c(Nc3cccc(F)c3C(N)=O)n2)cc1. The van der Waals surface area contributed by atoms with E-state index in [1.54, 1.807) is 18.2 Å². The van der Waals surface area contributed by atoms with Crippen LogP contribution in [0.4, 0.5) is 27.5 Å². The third-order valence-corrected chi connectivity index (χ3v) is 9.83. The highest BCUT2D eigenvalue weighted by atomic mass is 79.9. The van der Waals surface area contributed by atoms with Crippen LogP contribution in [0.1, 0.15) is 31.1 Å². The van der Waals surface area contributed by atoms with E-state index in [-0.39, 0.29) is 53.6 Å². The van der Waals surface area contributed by atoms with Crippen LogP contribution in [0.5, 0.6) is 0 Å². The van der Waals surface area contributed by atoms with E-state index in [4.69, 9.17) is 38.9 Å². The summed E-state index contributed by atoms with van der Waals surface area (Å²) in [6.07, 6.45) is 4.66. The molecule has 0 unspecified atom stereocenters. The van der Waals surface area contributed by atoms with E-state index in [0.29, 0.717) is 89.3 Å². The normalized spacial score (nSPS) is 12.0. The lowest BCUT2D eigenvalue weighted by Gasteiger charge is -2.18. The Morgan fingerprint density at radius 1 is 0.836 bits per heavy atom. The van der Waals surface area contributed by atoms with E-state index < -0.39 is 27.3 Å². The van der Waals surface area contributed by atoms with Gasteiger partial charge in [-0.15, -0.1) is 0 Å². The van der Waals surface area contributed by atoms with Gasteiger partial charge in [0.05, 0.1) is 99.9 Å². The van der Waals surface area contributed by atoms with Crippen LogP contribution in [-0.4, -0.2) is 147 Å². The lowest BCUT2D eigenvalue weighted by Crippen LogP contribution is -2.27. The van der Waals surface area contributed by atoms with Gasteiger partial charge < -0.3 is 54.4 Å². The molecule has 61 heavy (non-hydrogen) atoms. The number of hydrogen-bond acceptors (Lipinski definition) is 16. The molecule has 0 saturated carbocycles. The van der Waals surface area contributed by atoms with Gasteiger partial charge in [0, 0.05) is 37.6 Å². The molecule has 0 atom stereocenters. The summed E-state index contributed by atoms with van der Waals surface area (Å²) in [6, 6.07) is 9.98. The van der Waals surface area contributed by atoms with Gasteiger partial charge in [-0.05, 0) is 80.1 Å². The van der Waals surface area contributed by atoms with Gasteiger partial charge >= 0.3 is 5.97 Å². The molecule has 0 bridgehead atoms. The first-order chi connectivity index (χ1) is 29.1. The number of halogens is 2. The molecule has 1 heterocycles. The van der Waals surface area contributed by atoms with Gasteiger partial charge in [-0.1, -0.05) is 12.1 Å². The molecule has 21 heteroatoms. The number of hydrogen-bond donors (Lipinski definition) is 4. The summed E-state index contributed by atoms with van der Waals surface area (Å²) < 4.78 is 80.9. The Labute approximate surface area is 365 Å². The number of nitrogens with two attached hydrogens (primary N) is 1. The first kappa shape index (κ1) is 51.2. The lowest BCUT2D eigenvalue weighted by molar-refractivity contribution is -0.148. The van der Waals surface area contributed by atoms with Crippen molar-refractivity contribution in [2.24, 2.45) is 5.73 Å². The van der Waals surface area contributed by atoms with Crippen LogP contribution < -0.4 is 21.1 Å². The Balaban J connectivity index is 1.14. The smallest absolute Gasteiger partial charge is 0.330 e. The second kappa shape index (κ2) is 27.7. The summed E-state index contributed by atoms with van der Waals surface area (Å²) in [5.74, 6) is -1.69. The monoisotopic (exact) mass is 941 g/mol. The van der Waals surface area contributed by atoms with Crippen molar-refractivity contribution < 1.29 is 55.6 Å². The van der Waals surface area contributed by atoms with E-state index in [2.05, 4.69) is 41.3 Å². The standard InChI is InChI=1S/C40H57BrFN7O11S/c1-40(2,3)60-35(50)9-6-15-49(4)16-18-55-20-22-57-24-26-59-28-27-58-25-23-56-21-19-54-17-14-45-61(52,53)31-12-10-30(11-13-31)46-39-44-29-32(41)38(48-39)47-34-8-5-7-33(42)36(34)37(43)51/h5-13,29,45H,14-28H2,1-4H3,(H2,43,51)(H2,44,46,47,48)/b9-6+. The quantitative estimate of drug-likeness (QED) is 0.0404. The Hall–Kier alpha value is -4.16. The van der Waals surface area contributed by atoms with Gasteiger partial charge in [0.2, 0.25) is 16.0 Å². The maximum Gasteiger partial charge on any atom is 0.330 e. The van der Waals surface area contributed by atoms with Crippen molar-refractivity contribution in [1.29, 1.82) is 0 Å². The van der Waals surface area contributed by atoms with E-state index in [1.165, 1.54) is 36.5 Å². The van der Waals surface area contributed by atoms with Crippen LogP contribution in [0.25, 0.3) is 0 Å². The molecule has 18 nitrogen and oxygen atoms in total. The molecule has 0 radical (unpaired) electrons. The van der Waals surface area contributed by atoms with Crippen molar-refractivity contribution in [3.05, 3.63) is 76.7 Å². The van der Waals surface area contributed by atoms with Gasteiger partial charge in [-0.2, -0.15) is 4.98 Å². The molecule has 2 aromatic carbocycles. The van der Waals surface area contributed by atoms with Gasteiger partial charge in [-0.25, -0.2) is 27.3 Å². The van der Waals surface area contributed by atoms with E-state index in [9.17, 15) is 22.4 Å². The molecular formula is C40H57BrFN7O11S. The molecule has 0 aliphatic rings. The molecular weight excluding hydrogens is 885 g/mol. The number of anilines is 4. The number of benzene rings is 2. The molecule has 0 saturated heterocycles. The number of aromatic nitrogens is 2. The Morgan fingerprint density at radius 3 is 1.95 bits per heavy atom. The number of primary amides is 1. The predicted molar refractivity (Wildman–Crippen MR) is 230 cm³/mol. The largest absolute Gasteiger partial charge is 0.457 e. The topological polar surface area (TPSA) is 224 Å². The molecule has 0 fully saturated rings. The van der Waals surface area contributed by atoms with Gasteiger partial charge in [-0.3, -0.25) is 4.79 Å². The van der Waals surface area contributed by atoms with Crippen molar-refractivity contribution in [3.63, 3.8) is 0 Å². The molecule has 1 amide bonds. The summed E-state index contributed by atoms with van der Waals surface area (Å²) in [5.41, 5.74) is 5.15. The van der Waals surface area contributed by atoms with Crippen molar-refractivity contribution in [2.45, 2.75) is 31.3 Å². The highest BCUT2D eigenvalue weighted by Crippen LogP contribution is 2.28. The van der Waals surface area contributed by atoms with Crippen molar-refractivity contribution in [2.75, 3.05) is 117 Å². The molecule has 5 N–H and O–H groups in total. The fraction of sp³-hybridized carbons (Fsp3) is 0.500. The molecule has 0 spiro atoms. The Bertz CT molecular complexity index is 1920. The molecule has 3 aromatic rings. The van der Waals surface area contributed by atoms with Gasteiger partial charge in [0.25, 0.3) is 5.91 Å². The summed E-state index contributed by atoms with van der Waals surface area (Å²) in [7, 11) is -1.86. The third kappa shape index (κ3) is 21.5. The maximum absolute atomic E-state index is 14.2. The summed E-state index contributed by atoms with van der Waals surface area (Å²) in [5, 5.41) is 5.86. The van der Waals surface area contributed by atoms with Crippen molar-refractivity contribution >= 4 is 61.0 Å². The maximum atomic E-state index is 14.2. The Morgan fingerprint density at radius 2 is 1.39 bits per heavy atom. The minimum absolute atomic E-state index is 0.0473. The lowest BCUT2D eigenvalue weighted by atomic mass is 10.1. The second-order valence-electron chi connectivity index (χ2n) is 14.0. The van der Waals surface area contributed by atoms with Crippen molar-refractivity contribution in [1.82, 2.24) is 19.6 Å². The van der Waals surface area contributed by atoms with Crippen LogP contribution in [0, 0.1) is 5.82 Å². The van der Waals surface area contributed by atoms with E-state index in [0.717, 1.165) is 6.07 Å². The van der Waals surface area contributed by atoms with E-state index in [1.807, 2.05) is 32.7 Å². The average molecular weight is 943 g/mol. The molecule has 0 aliphatic heterocycles. The number of rotatable bonds is 31. The van der Waals surface area contributed by atoms with E-state index >= 15 is 0 Å². The van der Waals surface area contributed by atoms with Crippen LogP contribution >= 0.6 is 15.9 Å². The number of nitrogens with one attached hydrogen (secondary N) is 3. The summed E-state index contributed by atoms with van der Waals surface area (Å²) >= 11 is 3.33. The third-order valence-electron chi connectivity index (χ3n) is 7.77. The number of sulfonamides is 1. The van der Waals surface area contributed by atoms with Crippen molar-refractivity contribution in [3.8, 4) is 0 Å². The fourth-order valence-electron chi connectivity index (χ4n) is 4.88. The number of likely N-dealkylation sites (N-methyl/N-ethyl adjacent to an activating group) is 1. The molecule has 338 valence electrons. The number of carbonyl (C=O) groups is 2. The van der Waals surface area contributed by atoms with Gasteiger partial charge in [0.1, 0.15) is 17.2 Å². The minimum atomic E-state index is -3.80. The molecule has 3 rings (SSSR count). The summed E-state index contributed by atoms with van der Waals surface area (Å²) in [6.45, 7) is 11.6. The predicted octanol–water partition coefficient (Wildman–Crippen LogP) is 4.17. The van der Waals surface area contributed by atoms with Crippen LogP contribution in [0.2, 0.25) is 0 Å². The zero-order valence-electron chi connectivity index (χ0n) is 35.0. The number of carbonyl (C=O) groups excluding carboxylic acids is 2. The Kier molecular flexibility index (Phi) is 23.3. The number of amides is 1. The first-order valence-corrected chi connectivity index (χ1v) is 21.7. The number of ether oxygens (including phenoxy) is 7. The average Bonchev–Trinajstić information content (AvgIpc) is 3.19. The van der Waals surface area contributed by atoms with Crippen LogP contribution in [-0.2, 0) is 48.0 Å². The highest BCUT2D eigenvalue weighted by Gasteiger charge is 2.17. The summed E-state index contributed by atoms with van der Waals surface area (Å²) in [4.78, 5) is 34.1. The highest BCUT2D eigenvalue weighted by molar-refractivity contribution is 9.10. The number of nitrogens with zero attached hydrogens (tertiary/aromatic N) is 3. The zero-order chi connectivity index (χ0) is 44.5. The van der Waals surface area contributed by atoms with Crippen LogP contribution in [0.15, 0.2) is 70.2 Å². The van der Waals surface area contributed by atoms with Gasteiger partial charge in [0.15, 0.2) is 0 Å². The second-order valence-corrected chi connectivity index (χ2v) is 16.6. The zero-order valence-corrected chi connectivity index (χ0v) is 37.4. The molecule has 0 aliphatic carbocycles. The number of esters is 1.